The highest BCUT2D eigenvalue weighted by Gasteiger charge is 2.38. The number of hydrogen-bond acceptors (Lipinski definition) is 3. The number of benzene rings is 1. The normalized spacial score (nSPS) is 22.4. The van der Waals surface area contributed by atoms with Gasteiger partial charge >= 0.3 is 0 Å². The number of likely N-dealkylation sites (tertiary alicyclic amines) is 1. The third kappa shape index (κ3) is 5.08. The van der Waals surface area contributed by atoms with Gasteiger partial charge in [-0.15, -0.1) is 0 Å². The Morgan fingerprint density at radius 1 is 1.17 bits per heavy atom. The molecule has 0 bridgehead atoms. The number of nitrogens with one attached hydrogen (secondary N) is 1. The number of thioether (sulfide) groups is 1. The van der Waals surface area contributed by atoms with Crippen molar-refractivity contribution in [1.29, 1.82) is 0 Å². The van der Waals surface area contributed by atoms with E-state index in [2.05, 4.69) is 51.2 Å². The van der Waals surface area contributed by atoms with E-state index in [1.165, 1.54) is 49.0 Å². The molecule has 2 saturated heterocycles. The largest absolute Gasteiger partial charge is 0.352 e. The number of nitrogens with zero attached hydrogens (tertiary/aromatic N) is 3. The zero-order chi connectivity index (χ0) is 20.1. The average Bonchev–Trinajstić information content (AvgIpc) is 3.14. The predicted molar refractivity (Wildman–Crippen MR) is 121 cm³/mol. The lowest BCUT2D eigenvalue weighted by Crippen LogP contribution is -2.53. The lowest BCUT2D eigenvalue weighted by atomic mass is 9.87. The molecular weight excluding hydrogens is 380 g/mol. The maximum Gasteiger partial charge on any atom is 0.222 e. The lowest BCUT2D eigenvalue weighted by Gasteiger charge is -2.45. The quantitative estimate of drug-likeness (QED) is 0.604. The summed E-state index contributed by atoms with van der Waals surface area (Å²) in [4.78, 5) is 20.9. The SMILES string of the molecule is CN=C(NCc1cccc(CN2CCCC2=O)c1)N1CCSC2(CCCCC2)C1. The highest BCUT2D eigenvalue weighted by molar-refractivity contribution is 8.00. The van der Waals surface area contributed by atoms with Gasteiger partial charge in [-0.1, -0.05) is 43.5 Å². The maximum atomic E-state index is 11.9. The smallest absolute Gasteiger partial charge is 0.222 e. The second kappa shape index (κ2) is 9.41. The molecule has 6 heteroatoms. The lowest BCUT2D eigenvalue weighted by molar-refractivity contribution is -0.128. The van der Waals surface area contributed by atoms with Gasteiger partial charge in [-0.25, -0.2) is 0 Å². The Labute approximate surface area is 179 Å². The Hall–Kier alpha value is -1.69. The van der Waals surface area contributed by atoms with Gasteiger partial charge < -0.3 is 15.1 Å². The Morgan fingerprint density at radius 3 is 2.76 bits per heavy atom. The number of guanidine groups is 1. The first-order valence-electron chi connectivity index (χ1n) is 11.1. The van der Waals surface area contributed by atoms with E-state index in [1.807, 2.05) is 11.9 Å². The molecule has 1 aliphatic carbocycles. The summed E-state index contributed by atoms with van der Waals surface area (Å²) in [6.07, 6.45) is 8.54. The molecule has 1 aromatic carbocycles. The van der Waals surface area contributed by atoms with Crippen LogP contribution in [0.15, 0.2) is 29.3 Å². The fourth-order valence-electron chi connectivity index (χ4n) is 4.97. The number of carbonyl (C=O) groups is 1. The van der Waals surface area contributed by atoms with E-state index in [0.29, 0.717) is 11.2 Å². The summed E-state index contributed by atoms with van der Waals surface area (Å²) in [5.74, 6) is 2.50. The summed E-state index contributed by atoms with van der Waals surface area (Å²) >= 11 is 2.19. The summed E-state index contributed by atoms with van der Waals surface area (Å²) in [5.41, 5.74) is 2.46. The van der Waals surface area contributed by atoms with Crippen LogP contribution in [0.1, 0.15) is 56.1 Å². The molecule has 4 rings (SSSR count). The van der Waals surface area contributed by atoms with Crippen molar-refractivity contribution in [2.45, 2.75) is 62.8 Å². The molecule has 2 heterocycles. The topological polar surface area (TPSA) is 47.9 Å². The second-order valence-corrected chi connectivity index (χ2v) is 10.2. The van der Waals surface area contributed by atoms with Crippen LogP contribution in [-0.4, -0.2) is 58.8 Å². The van der Waals surface area contributed by atoms with Gasteiger partial charge in [0.05, 0.1) is 0 Å². The summed E-state index contributed by atoms with van der Waals surface area (Å²) in [7, 11) is 1.90. The number of carbonyl (C=O) groups excluding carboxylic acids is 1. The highest BCUT2D eigenvalue weighted by Crippen LogP contribution is 2.42. The van der Waals surface area contributed by atoms with Crippen molar-refractivity contribution in [3.63, 3.8) is 0 Å². The van der Waals surface area contributed by atoms with E-state index in [0.717, 1.165) is 45.1 Å². The summed E-state index contributed by atoms with van der Waals surface area (Å²) in [6, 6.07) is 8.60. The third-order valence-corrected chi connectivity index (χ3v) is 8.05. The van der Waals surface area contributed by atoms with E-state index < -0.39 is 0 Å². The maximum absolute atomic E-state index is 11.9. The van der Waals surface area contributed by atoms with E-state index in [9.17, 15) is 4.79 Å². The van der Waals surface area contributed by atoms with Crippen molar-refractivity contribution in [3.8, 4) is 0 Å². The van der Waals surface area contributed by atoms with Crippen LogP contribution in [-0.2, 0) is 17.9 Å². The number of hydrogen-bond donors (Lipinski definition) is 1. The standard InChI is InChI=1S/C23H34N4OS/c1-24-22(27-13-14-29-23(18-27)10-3-2-4-11-23)25-16-19-7-5-8-20(15-19)17-26-12-6-9-21(26)28/h5,7-8,15H,2-4,6,9-14,16-18H2,1H3,(H,24,25). The molecule has 1 aromatic rings. The van der Waals surface area contributed by atoms with Crippen molar-refractivity contribution < 1.29 is 4.79 Å². The van der Waals surface area contributed by atoms with Gasteiger partial charge in [0.15, 0.2) is 5.96 Å². The molecular formula is C23H34N4OS. The first kappa shape index (κ1) is 20.6. The molecule has 0 radical (unpaired) electrons. The van der Waals surface area contributed by atoms with Crippen LogP contribution in [0, 0.1) is 0 Å². The van der Waals surface area contributed by atoms with Crippen molar-refractivity contribution in [3.05, 3.63) is 35.4 Å². The molecule has 0 unspecified atom stereocenters. The molecule has 29 heavy (non-hydrogen) atoms. The first-order chi connectivity index (χ1) is 14.2. The molecule has 1 saturated carbocycles. The molecule has 158 valence electrons. The van der Waals surface area contributed by atoms with Crippen molar-refractivity contribution in [1.82, 2.24) is 15.1 Å². The van der Waals surface area contributed by atoms with Gasteiger partial charge in [-0.3, -0.25) is 9.79 Å². The van der Waals surface area contributed by atoms with Gasteiger partial charge in [0.25, 0.3) is 0 Å². The van der Waals surface area contributed by atoms with Crippen LogP contribution in [0.4, 0.5) is 0 Å². The van der Waals surface area contributed by atoms with Crippen LogP contribution in [0.25, 0.3) is 0 Å². The molecule has 1 N–H and O–H groups in total. The Kier molecular flexibility index (Phi) is 6.68. The van der Waals surface area contributed by atoms with Crippen LogP contribution in [0.2, 0.25) is 0 Å². The zero-order valence-corrected chi connectivity index (χ0v) is 18.5. The van der Waals surface area contributed by atoms with Gasteiger partial charge in [-0.05, 0) is 30.4 Å². The van der Waals surface area contributed by atoms with Crippen LogP contribution < -0.4 is 5.32 Å². The minimum absolute atomic E-state index is 0.286. The van der Waals surface area contributed by atoms with E-state index >= 15 is 0 Å². The van der Waals surface area contributed by atoms with Gasteiger partial charge in [-0.2, -0.15) is 11.8 Å². The van der Waals surface area contributed by atoms with Crippen molar-refractivity contribution in [2.75, 3.05) is 32.4 Å². The minimum atomic E-state index is 0.286. The van der Waals surface area contributed by atoms with E-state index in [-0.39, 0.29) is 5.91 Å². The van der Waals surface area contributed by atoms with Gasteiger partial charge in [0, 0.05) is 56.7 Å². The molecule has 5 nitrogen and oxygen atoms in total. The first-order valence-corrected chi connectivity index (χ1v) is 12.1. The molecule has 0 atom stereocenters. The van der Waals surface area contributed by atoms with Gasteiger partial charge in [0.2, 0.25) is 5.91 Å². The summed E-state index contributed by atoms with van der Waals surface area (Å²) in [5, 5.41) is 3.59. The van der Waals surface area contributed by atoms with Gasteiger partial charge in [0.1, 0.15) is 0 Å². The summed E-state index contributed by atoms with van der Waals surface area (Å²) < 4.78 is 0.441. The molecule has 3 fully saturated rings. The van der Waals surface area contributed by atoms with Crippen LogP contribution >= 0.6 is 11.8 Å². The molecule has 2 aliphatic heterocycles. The molecule has 1 amide bonds. The average molecular weight is 415 g/mol. The van der Waals surface area contributed by atoms with Crippen LogP contribution in [0.3, 0.4) is 0 Å². The minimum Gasteiger partial charge on any atom is -0.352 e. The second-order valence-electron chi connectivity index (χ2n) is 8.65. The highest BCUT2D eigenvalue weighted by atomic mass is 32.2. The predicted octanol–water partition coefficient (Wildman–Crippen LogP) is 3.64. The Bertz CT molecular complexity index is 739. The van der Waals surface area contributed by atoms with Crippen molar-refractivity contribution in [2.24, 2.45) is 4.99 Å². The molecule has 0 aromatic heterocycles. The number of aliphatic imine (C=N–C) groups is 1. The molecule has 3 aliphatic rings. The fraction of sp³-hybridized carbons (Fsp3) is 0.652. The van der Waals surface area contributed by atoms with Crippen LogP contribution in [0.5, 0.6) is 0 Å². The number of rotatable bonds is 4. The fourth-order valence-corrected chi connectivity index (χ4v) is 6.54. The van der Waals surface area contributed by atoms with E-state index in [4.69, 9.17) is 0 Å². The molecule has 1 spiro atoms. The monoisotopic (exact) mass is 414 g/mol. The number of amides is 1. The van der Waals surface area contributed by atoms with E-state index in [1.54, 1.807) is 0 Å². The Balaban J connectivity index is 1.35. The summed E-state index contributed by atoms with van der Waals surface area (Å²) in [6.45, 7) is 4.58. The van der Waals surface area contributed by atoms with Crippen molar-refractivity contribution >= 4 is 23.6 Å². The Morgan fingerprint density at radius 2 is 2.00 bits per heavy atom. The zero-order valence-electron chi connectivity index (χ0n) is 17.7. The third-order valence-electron chi connectivity index (χ3n) is 6.51.